The highest BCUT2D eigenvalue weighted by Crippen LogP contribution is 2.30. The van der Waals surface area contributed by atoms with Crippen molar-refractivity contribution < 1.29 is 4.74 Å². The van der Waals surface area contributed by atoms with Crippen LogP contribution in [0.4, 0.5) is 0 Å². The van der Waals surface area contributed by atoms with Crippen LogP contribution in [-0.2, 0) is 6.42 Å². The third kappa shape index (κ3) is 2.72. The van der Waals surface area contributed by atoms with Crippen molar-refractivity contribution in [3.05, 3.63) is 29.8 Å². The highest BCUT2D eigenvalue weighted by Gasteiger charge is 2.21. The highest BCUT2D eigenvalue weighted by molar-refractivity contribution is 5.37. The molecule has 1 aromatic rings. The normalized spacial score (nSPS) is 18.6. The lowest BCUT2D eigenvalue weighted by atomic mass is 10.1. The summed E-state index contributed by atoms with van der Waals surface area (Å²) in [7, 11) is 0. The molecule has 1 atom stereocenters. The molecule has 15 heavy (non-hydrogen) atoms. The van der Waals surface area contributed by atoms with Crippen LogP contribution in [0.15, 0.2) is 24.3 Å². The molecule has 1 aliphatic heterocycles. The lowest BCUT2D eigenvalue weighted by Crippen LogP contribution is -2.12. The highest BCUT2D eigenvalue weighted by atomic mass is 16.5. The number of ether oxygens (including phenoxy) is 1. The van der Waals surface area contributed by atoms with Crippen LogP contribution in [-0.4, -0.2) is 12.6 Å². The number of benzene rings is 1. The molecule has 0 fully saturated rings. The maximum Gasteiger partial charge on any atom is 0.123 e. The van der Waals surface area contributed by atoms with E-state index in [4.69, 9.17) is 10.5 Å². The van der Waals surface area contributed by atoms with Crippen LogP contribution in [0.5, 0.6) is 5.75 Å². The van der Waals surface area contributed by atoms with Crippen LogP contribution >= 0.6 is 0 Å². The zero-order chi connectivity index (χ0) is 10.5. The first-order valence-electron chi connectivity index (χ1n) is 5.85. The average Bonchev–Trinajstić information content (AvgIpc) is 2.67. The molecule has 0 aliphatic carbocycles. The lowest BCUT2D eigenvalue weighted by molar-refractivity contribution is 0.216. The fourth-order valence-corrected chi connectivity index (χ4v) is 2.11. The summed E-state index contributed by atoms with van der Waals surface area (Å²) in [6, 6.07) is 8.35. The topological polar surface area (TPSA) is 35.2 Å². The van der Waals surface area contributed by atoms with Crippen molar-refractivity contribution >= 4 is 0 Å². The van der Waals surface area contributed by atoms with Crippen molar-refractivity contribution in [1.29, 1.82) is 0 Å². The Hall–Kier alpha value is -1.02. The number of fused-ring (bicyclic) bond motifs is 1. The minimum atomic E-state index is 0.403. The van der Waals surface area contributed by atoms with Gasteiger partial charge in [0.1, 0.15) is 11.9 Å². The number of para-hydroxylation sites is 1. The number of rotatable bonds is 5. The first-order chi connectivity index (χ1) is 7.40. The van der Waals surface area contributed by atoms with Crippen LogP contribution in [0, 0.1) is 0 Å². The van der Waals surface area contributed by atoms with E-state index in [0.717, 1.165) is 31.6 Å². The Labute approximate surface area is 91.4 Å². The summed E-state index contributed by atoms with van der Waals surface area (Å²) >= 11 is 0. The fraction of sp³-hybridized carbons (Fsp3) is 0.538. The van der Waals surface area contributed by atoms with Crippen molar-refractivity contribution in [2.45, 2.75) is 38.2 Å². The number of nitrogens with two attached hydrogens (primary N) is 1. The van der Waals surface area contributed by atoms with Gasteiger partial charge in [0.25, 0.3) is 0 Å². The van der Waals surface area contributed by atoms with Crippen molar-refractivity contribution in [3.8, 4) is 5.75 Å². The molecule has 2 heteroatoms. The Morgan fingerprint density at radius 1 is 1.20 bits per heavy atom. The van der Waals surface area contributed by atoms with E-state index in [2.05, 4.69) is 18.2 Å². The molecule has 0 amide bonds. The van der Waals surface area contributed by atoms with Crippen LogP contribution < -0.4 is 10.5 Å². The molecule has 1 unspecified atom stereocenters. The second kappa shape index (κ2) is 5.17. The number of unbranched alkanes of at least 4 members (excludes halogenated alkanes) is 2. The summed E-state index contributed by atoms with van der Waals surface area (Å²) < 4.78 is 5.86. The molecule has 2 nitrogen and oxygen atoms in total. The molecule has 2 rings (SSSR count). The quantitative estimate of drug-likeness (QED) is 0.750. The third-order valence-corrected chi connectivity index (χ3v) is 2.94. The van der Waals surface area contributed by atoms with Crippen molar-refractivity contribution in [1.82, 2.24) is 0 Å². The van der Waals surface area contributed by atoms with Crippen molar-refractivity contribution in [2.24, 2.45) is 5.73 Å². The summed E-state index contributed by atoms with van der Waals surface area (Å²) in [6.45, 7) is 0.811. The van der Waals surface area contributed by atoms with E-state index in [0.29, 0.717) is 6.10 Å². The van der Waals surface area contributed by atoms with Gasteiger partial charge in [-0.15, -0.1) is 0 Å². The lowest BCUT2D eigenvalue weighted by Gasteiger charge is -2.09. The summed E-state index contributed by atoms with van der Waals surface area (Å²) in [5, 5.41) is 0. The van der Waals surface area contributed by atoms with Gasteiger partial charge in [-0.2, -0.15) is 0 Å². The summed E-state index contributed by atoms with van der Waals surface area (Å²) in [6.07, 6.45) is 6.25. The molecule has 0 saturated carbocycles. The second-order valence-electron chi connectivity index (χ2n) is 4.19. The van der Waals surface area contributed by atoms with Crippen LogP contribution in [0.1, 0.15) is 31.2 Å². The standard InChI is InChI=1S/C13H19NO/c14-9-5-1-2-7-12-10-11-6-3-4-8-13(11)15-12/h3-4,6,8,12H,1-2,5,7,9-10,14H2. The maximum atomic E-state index is 5.86. The first kappa shape index (κ1) is 10.5. The fourth-order valence-electron chi connectivity index (χ4n) is 2.11. The van der Waals surface area contributed by atoms with Gasteiger partial charge in [0.2, 0.25) is 0 Å². The van der Waals surface area contributed by atoms with E-state index in [1.165, 1.54) is 18.4 Å². The zero-order valence-corrected chi connectivity index (χ0v) is 9.11. The summed E-state index contributed by atoms with van der Waals surface area (Å²) in [5.41, 5.74) is 6.82. The average molecular weight is 205 g/mol. The van der Waals surface area contributed by atoms with Crippen LogP contribution in [0.3, 0.4) is 0 Å². The Morgan fingerprint density at radius 3 is 2.87 bits per heavy atom. The molecule has 2 N–H and O–H groups in total. The van der Waals surface area contributed by atoms with Gasteiger partial charge in [-0.3, -0.25) is 0 Å². The molecule has 82 valence electrons. The second-order valence-corrected chi connectivity index (χ2v) is 4.19. The Kier molecular flexibility index (Phi) is 3.62. The molecular formula is C13H19NO. The van der Waals surface area contributed by atoms with Crippen LogP contribution in [0.2, 0.25) is 0 Å². The van der Waals surface area contributed by atoms with Gasteiger partial charge in [0, 0.05) is 6.42 Å². The monoisotopic (exact) mass is 205 g/mol. The molecule has 0 aromatic heterocycles. The Bertz CT molecular complexity index is 286. The Morgan fingerprint density at radius 2 is 2.07 bits per heavy atom. The van der Waals surface area contributed by atoms with Crippen molar-refractivity contribution in [2.75, 3.05) is 6.54 Å². The third-order valence-electron chi connectivity index (χ3n) is 2.94. The van der Waals surface area contributed by atoms with E-state index in [-0.39, 0.29) is 0 Å². The maximum absolute atomic E-state index is 5.86. The predicted octanol–water partition coefficient (Wildman–Crippen LogP) is 2.51. The van der Waals surface area contributed by atoms with E-state index >= 15 is 0 Å². The van der Waals surface area contributed by atoms with Gasteiger partial charge in [-0.25, -0.2) is 0 Å². The minimum Gasteiger partial charge on any atom is -0.490 e. The molecule has 1 aromatic carbocycles. The minimum absolute atomic E-state index is 0.403. The van der Waals surface area contributed by atoms with E-state index < -0.39 is 0 Å². The molecule has 0 spiro atoms. The van der Waals surface area contributed by atoms with Gasteiger partial charge >= 0.3 is 0 Å². The molecule has 1 heterocycles. The smallest absolute Gasteiger partial charge is 0.123 e. The predicted molar refractivity (Wildman–Crippen MR) is 62.1 cm³/mol. The van der Waals surface area contributed by atoms with Crippen molar-refractivity contribution in [3.63, 3.8) is 0 Å². The van der Waals surface area contributed by atoms with Gasteiger partial charge in [-0.05, 0) is 37.4 Å². The zero-order valence-electron chi connectivity index (χ0n) is 9.11. The SMILES string of the molecule is NCCCCCC1Cc2ccccc2O1. The van der Waals surface area contributed by atoms with Crippen LogP contribution in [0.25, 0.3) is 0 Å². The van der Waals surface area contributed by atoms with Gasteiger partial charge in [0.15, 0.2) is 0 Å². The molecular weight excluding hydrogens is 186 g/mol. The first-order valence-corrected chi connectivity index (χ1v) is 5.85. The van der Waals surface area contributed by atoms with Gasteiger partial charge in [-0.1, -0.05) is 24.6 Å². The number of hydrogen-bond acceptors (Lipinski definition) is 2. The molecule has 0 saturated heterocycles. The Balaban J connectivity index is 1.76. The molecule has 1 aliphatic rings. The van der Waals surface area contributed by atoms with Gasteiger partial charge in [0.05, 0.1) is 0 Å². The molecule has 0 radical (unpaired) electrons. The van der Waals surface area contributed by atoms with E-state index in [1.807, 2.05) is 6.07 Å². The summed E-state index contributed by atoms with van der Waals surface area (Å²) in [4.78, 5) is 0. The van der Waals surface area contributed by atoms with E-state index in [1.54, 1.807) is 0 Å². The molecule has 0 bridgehead atoms. The largest absolute Gasteiger partial charge is 0.490 e. The van der Waals surface area contributed by atoms with Gasteiger partial charge < -0.3 is 10.5 Å². The number of hydrogen-bond donors (Lipinski definition) is 1. The van der Waals surface area contributed by atoms with E-state index in [9.17, 15) is 0 Å². The summed E-state index contributed by atoms with van der Waals surface area (Å²) in [5.74, 6) is 1.08.